The first-order valence-electron chi connectivity index (χ1n) is 11.1. The lowest BCUT2D eigenvalue weighted by atomic mass is 10.0. The van der Waals surface area contributed by atoms with Gasteiger partial charge in [0.25, 0.3) is 5.91 Å². The van der Waals surface area contributed by atoms with Crippen LogP contribution in [0, 0.1) is 6.92 Å². The zero-order valence-electron chi connectivity index (χ0n) is 18.1. The largest absolute Gasteiger partial charge is 0.371 e. The maximum Gasteiger partial charge on any atom is 0.251 e. The second-order valence-corrected chi connectivity index (χ2v) is 9.18. The van der Waals surface area contributed by atoms with Crippen molar-refractivity contribution in [3.05, 3.63) is 95.1 Å². The number of carbonyl (C=O) groups is 1. The number of benzene rings is 3. The summed E-state index contributed by atoms with van der Waals surface area (Å²) in [5, 5.41) is 3.07. The van der Waals surface area contributed by atoms with E-state index in [9.17, 15) is 4.79 Å². The second kappa shape index (κ2) is 10.5. The van der Waals surface area contributed by atoms with Gasteiger partial charge in [0.05, 0.1) is 0 Å². The van der Waals surface area contributed by atoms with Crippen molar-refractivity contribution in [2.45, 2.75) is 36.8 Å². The van der Waals surface area contributed by atoms with Crippen LogP contribution in [0.4, 0.5) is 5.69 Å². The van der Waals surface area contributed by atoms with E-state index in [2.05, 4.69) is 77.8 Å². The van der Waals surface area contributed by atoms with E-state index in [1.54, 1.807) is 0 Å². The summed E-state index contributed by atoms with van der Waals surface area (Å²) >= 11 is 1.82. The van der Waals surface area contributed by atoms with Gasteiger partial charge >= 0.3 is 0 Å². The van der Waals surface area contributed by atoms with Crippen molar-refractivity contribution in [1.82, 2.24) is 5.32 Å². The van der Waals surface area contributed by atoms with Crippen LogP contribution in [0.15, 0.2) is 77.7 Å². The number of fused-ring (bicyclic) bond motifs is 1. The molecule has 0 spiro atoms. The van der Waals surface area contributed by atoms with E-state index in [1.807, 2.05) is 23.9 Å². The highest BCUT2D eigenvalue weighted by molar-refractivity contribution is 7.98. The van der Waals surface area contributed by atoms with E-state index in [0.717, 1.165) is 30.8 Å². The predicted octanol–water partition coefficient (Wildman–Crippen LogP) is 5.86. The molecule has 1 aliphatic heterocycles. The van der Waals surface area contributed by atoms with Crippen molar-refractivity contribution in [2.75, 3.05) is 24.5 Å². The van der Waals surface area contributed by atoms with Crippen LogP contribution in [0.5, 0.6) is 0 Å². The molecular weight excluding hydrogens is 400 g/mol. The molecule has 1 aliphatic rings. The van der Waals surface area contributed by atoms with Crippen molar-refractivity contribution >= 4 is 23.4 Å². The molecule has 3 aromatic rings. The smallest absolute Gasteiger partial charge is 0.251 e. The van der Waals surface area contributed by atoms with Crippen LogP contribution >= 0.6 is 11.8 Å². The average Bonchev–Trinajstić information content (AvgIpc) is 2.82. The predicted molar refractivity (Wildman–Crippen MR) is 131 cm³/mol. The van der Waals surface area contributed by atoms with Gasteiger partial charge in [-0.05, 0) is 67.6 Å². The van der Waals surface area contributed by atoms with Gasteiger partial charge in [0.1, 0.15) is 0 Å². The molecular formula is C27H30N2OS. The van der Waals surface area contributed by atoms with Gasteiger partial charge in [0, 0.05) is 41.5 Å². The Labute approximate surface area is 189 Å². The minimum Gasteiger partial charge on any atom is -0.371 e. The molecule has 0 saturated carbocycles. The third kappa shape index (κ3) is 5.92. The lowest BCUT2D eigenvalue weighted by Gasteiger charge is -2.31. The molecule has 0 unspecified atom stereocenters. The summed E-state index contributed by atoms with van der Waals surface area (Å²) in [6.07, 6.45) is 3.33. The number of rotatable bonds is 8. The maximum atomic E-state index is 12.5. The third-order valence-electron chi connectivity index (χ3n) is 5.74. The van der Waals surface area contributed by atoms with Crippen LogP contribution in [0.25, 0.3) is 0 Å². The van der Waals surface area contributed by atoms with Crippen molar-refractivity contribution in [3.8, 4) is 0 Å². The molecule has 0 atom stereocenters. The molecule has 4 heteroatoms. The Bertz CT molecular complexity index is 999. The summed E-state index contributed by atoms with van der Waals surface area (Å²) in [7, 11) is 0. The van der Waals surface area contributed by atoms with Crippen LogP contribution in [-0.4, -0.2) is 25.5 Å². The summed E-state index contributed by atoms with van der Waals surface area (Å²) in [4.78, 5) is 16.2. The van der Waals surface area contributed by atoms with Crippen molar-refractivity contribution < 1.29 is 4.79 Å². The Morgan fingerprint density at radius 3 is 2.58 bits per heavy atom. The van der Waals surface area contributed by atoms with Crippen molar-refractivity contribution in [2.24, 2.45) is 0 Å². The fraction of sp³-hybridized carbons (Fsp3) is 0.296. The first-order chi connectivity index (χ1) is 15.2. The second-order valence-electron chi connectivity index (χ2n) is 8.13. The highest BCUT2D eigenvalue weighted by Crippen LogP contribution is 2.26. The summed E-state index contributed by atoms with van der Waals surface area (Å²) < 4.78 is 0. The molecule has 0 fully saturated rings. The van der Waals surface area contributed by atoms with E-state index in [-0.39, 0.29) is 5.91 Å². The van der Waals surface area contributed by atoms with Crippen LogP contribution in [0.1, 0.15) is 39.9 Å². The number of hydrogen-bond donors (Lipinski definition) is 1. The lowest BCUT2D eigenvalue weighted by molar-refractivity contribution is 0.0953. The first kappa shape index (κ1) is 21.5. The molecule has 3 aromatic carbocycles. The van der Waals surface area contributed by atoms with Crippen LogP contribution < -0.4 is 10.2 Å². The quantitative estimate of drug-likeness (QED) is 0.359. The summed E-state index contributed by atoms with van der Waals surface area (Å²) in [5.74, 6) is 0.916. The van der Waals surface area contributed by atoms with E-state index >= 15 is 0 Å². The van der Waals surface area contributed by atoms with Crippen LogP contribution in [-0.2, 0) is 12.2 Å². The monoisotopic (exact) mass is 430 g/mol. The van der Waals surface area contributed by atoms with Crippen LogP contribution in [0.2, 0.25) is 0 Å². The highest BCUT2D eigenvalue weighted by atomic mass is 32.2. The Hall–Kier alpha value is -2.72. The number of anilines is 1. The molecule has 1 N–H and O–H groups in total. The zero-order valence-corrected chi connectivity index (χ0v) is 19.0. The highest BCUT2D eigenvalue weighted by Gasteiger charge is 2.15. The number of aryl methyl sites for hydroxylation is 2. The van der Waals surface area contributed by atoms with Gasteiger partial charge in [-0.2, -0.15) is 0 Å². The minimum atomic E-state index is 0.0109. The van der Waals surface area contributed by atoms with Gasteiger partial charge in [0.15, 0.2) is 0 Å². The number of nitrogens with one attached hydrogen (secondary N) is 1. The van der Waals surface area contributed by atoms with E-state index in [4.69, 9.17) is 0 Å². The van der Waals surface area contributed by atoms with Gasteiger partial charge in [-0.3, -0.25) is 4.79 Å². The molecule has 1 heterocycles. The SMILES string of the molecule is Cc1ccc(SCc2ccc(C(=O)NCCCN3CCCc4ccccc43)cc2)cc1. The Morgan fingerprint density at radius 2 is 1.77 bits per heavy atom. The van der Waals surface area contributed by atoms with Gasteiger partial charge in [-0.15, -0.1) is 11.8 Å². The van der Waals surface area contributed by atoms with E-state index < -0.39 is 0 Å². The fourth-order valence-electron chi connectivity index (χ4n) is 3.97. The number of hydrogen-bond acceptors (Lipinski definition) is 3. The molecule has 31 heavy (non-hydrogen) atoms. The normalized spacial score (nSPS) is 13.0. The molecule has 0 bridgehead atoms. The van der Waals surface area contributed by atoms with Gasteiger partial charge < -0.3 is 10.2 Å². The van der Waals surface area contributed by atoms with Crippen molar-refractivity contribution in [3.63, 3.8) is 0 Å². The summed E-state index contributed by atoms with van der Waals surface area (Å²) in [6.45, 7) is 4.88. The van der Waals surface area contributed by atoms with E-state index in [0.29, 0.717) is 6.54 Å². The molecule has 0 aromatic heterocycles. The Morgan fingerprint density at radius 1 is 1.00 bits per heavy atom. The number of amides is 1. The zero-order chi connectivity index (χ0) is 21.5. The number of para-hydroxylation sites is 1. The maximum absolute atomic E-state index is 12.5. The summed E-state index contributed by atoms with van der Waals surface area (Å²) in [5.41, 5.74) is 6.04. The molecule has 0 radical (unpaired) electrons. The molecule has 160 valence electrons. The van der Waals surface area contributed by atoms with Gasteiger partial charge in [-0.1, -0.05) is 48.0 Å². The van der Waals surface area contributed by atoms with Crippen molar-refractivity contribution in [1.29, 1.82) is 0 Å². The lowest BCUT2D eigenvalue weighted by Crippen LogP contribution is -2.33. The van der Waals surface area contributed by atoms with Crippen LogP contribution in [0.3, 0.4) is 0 Å². The average molecular weight is 431 g/mol. The molecule has 4 rings (SSSR count). The Kier molecular flexibility index (Phi) is 7.31. The molecule has 0 aliphatic carbocycles. The first-order valence-corrected chi connectivity index (χ1v) is 12.1. The minimum absolute atomic E-state index is 0.0109. The summed E-state index contributed by atoms with van der Waals surface area (Å²) in [6, 6.07) is 25.2. The van der Waals surface area contributed by atoms with Gasteiger partial charge in [-0.25, -0.2) is 0 Å². The number of thioether (sulfide) groups is 1. The third-order valence-corrected chi connectivity index (χ3v) is 6.82. The standard InChI is InChI=1S/C27H30N2OS/c1-21-9-15-25(16-10-21)31-20-22-11-13-24(14-12-22)27(30)28-17-5-19-29-18-4-7-23-6-2-3-8-26(23)29/h2-3,6,8-16H,4-5,7,17-20H2,1H3,(H,28,30). The molecule has 1 amide bonds. The number of carbonyl (C=O) groups excluding carboxylic acids is 1. The Balaban J connectivity index is 1.21. The van der Waals surface area contributed by atoms with E-state index in [1.165, 1.54) is 40.1 Å². The van der Waals surface area contributed by atoms with Gasteiger partial charge in [0.2, 0.25) is 0 Å². The number of nitrogens with zero attached hydrogens (tertiary/aromatic N) is 1. The molecule has 0 saturated heterocycles. The topological polar surface area (TPSA) is 32.3 Å². The fourth-order valence-corrected chi connectivity index (χ4v) is 4.83. The molecule has 3 nitrogen and oxygen atoms in total.